The van der Waals surface area contributed by atoms with Gasteiger partial charge in [0.05, 0.1) is 4.91 Å². The van der Waals surface area contributed by atoms with Crippen LogP contribution in [0.25, 0.3) is 6.08 Å². The average Bonchev–Trinajstić information content (AvgIpc) is 2.60. The molecule has 0 spiro atoms. The summed E-state index contributed by atoms with van der Waals surface area (Å²) in [6.45, 7) is 1.99. The molecule has 1 aliphatic rings. The van der Waals surface area contributed by atoms with E-state index in [0.717, 1.165) is 11.1 Å². The SMILES string of the molecule is Cc1cccc(/C=C2\SC(=NC#N)NC2=O)c1. The van der Waals surface area contributed by atoms with Crippen molar-refractivity contribution >= 4 is 28.9 Å². The molecule has 84 valence electrons. The molecule has 0 aromatic heterocycles. The molecule has 1 N–H and O–H groups in total. The highest BCUT2D eigenvalue weighted by molar-refractivity contribution is 8.18. The fourth-order valence-electron chi connectivity index (χ4n) is 1.44. The Morgan fingerprint density at radius 3 is 3.06 bits per heavy atom. The standard InChI is InChI=1S/C12H9N3OS/c1-8-3-2-4-9(5-8)6-10-11(16)15-12(17-10)14-7-13/h2-6H,1H3,(H,14,15,16)/b10-6-. The van der Waals surface area contributed by atoms with Crippen LogP contribution in [0.3, 0.4) is 0 Å². The number of nitrogens with one attached hydrogen (secondary N) is 1. The van der Waals surface area contributed by atoms with E-state index >= 15 is 0 Å². The van der Waals surface area contributed by atoms with Crippen LogP contribution in [0.2, 0.25) is 0 Å². The molecule has 0 aliphatic carbocycles. The van der Waals surface area contributed by atoms with Crippen LogP contribution >= 0.6 is 11.8 Å². The van der Waals surface area contributed by atoms with Crippen molar-refractivity contribution in [3.63, 3.8) is 0 Å². The summed E-state index contributed by atoms with van der Waals surface area (Å²) in [5.41, 5.74) is 2.09. The van der Waals surface area contributed by atoms with Crippen LogP contribution in [0.4, 0.5) is 0 Å². The molecule has 0 atom stereocenters. The summed E-state index contributed by atoms with van der Waals surface area (Å²) < 4.78 is 0. The van der Waals surface area contributed by atoms with E-state index in [-0.39, 0.29) is 5.91 Å². The minimum Gasteiger partial charge on any atom is -0.300 e. The quantitative estimate of drug-likeness (QED) is 0.606. The van der Waals surface area contributed by atoms with Gasteiger partial charge in [0.15, 0.2) is 5.17 Å². The van der Waals surface area contributed by atoms with E-state index in [0.29, 0.717) is 10.1 Å². The second kappa shape index (κ2) is 4.85. The van der Waals surface area contributed by atoms with Gasteiger partial charge in [0.2, 0.25) is 6.19 Å². The Kier molecular flexibility index (Phi) is 3.26. The van der Waals surface area contributed by atoms with Crippen LogP contribution in [0.5, 0.6) is 0 Å². The Morgan fingerprint density at radius 2 is 2.35 bits per heavy atom. The van der Waals surface area contributed by atoms with Crippen LogP contribution in [-0.4, -0.2) is 11.1 Å². The number of rotatable bonds is 1. The maximum absolute atomic E-state index is 11.6. The van der Waals surface area contributed by atoms with Crippen LogP contribution in [0.15, 0.2) is 34.2 Å². The zero-order valence-corrected chi connectivity index (χ0v) is 9.91. The lowest BCUT2D eigenvalue weighted by atomic mass is 10.1. The number of hydrogen-bond donors (Lipinski definition) is 1. The van der Waals surface area contributed by atoms with Crippen molar-refractivity contribution in [3.05, 3.63) is 40.3 Å². The van der Waals surface area contributed by atoms with E-state index in [4.69, 9.17) is 5.26 Å². The Hall–Kier alpha value is -2.06. The van der Waals surface area contributed by atoms with E-state index in [2.05, 4.69) is 10.3 Å². The van der Waals surface area contributed by atoms with Gasteiger partial charge in [-0.2, -0.15) is 5.26 Å². The second-order valence-electron chi connectivity index (χ2n) is 3.50. The average molecular weight is 243 g/mol. The minimum atomic E-state index is -0.217. The maximum atomic E-state index is 11.6. The molecule has 1 fully saturated rings. The zero-order chi connectivity index (χ0) is 12.3. The number of amides is 1. The van der Waals surface area contributed by atoms with Crippen LogP contribution in [0, 0.1) is 18.4 Å². The lowest BCUT2D eigenvalue weighted by Crippen LogP contribution is -2.19. The Labute approximate surface area is 103 Å². The van der Waals surface area contributed by atoms with Crippen molar-refractivity contribution in [2.75, 3.05) is 0 Å². The zero-order valence-electron chi connectivity index (χ0n) is 9.10. The van der Waals surface area contributed by atoms with Gasteiger partial charge in [-0.25, -0.2) is 0 Å². The van der Waals surface area contributed by atoms with E-state index < -0.39 is 0 Å². The lowest BCUT2D eigenvalue weighted by Gasteiger charge is -1.96. The number of nitriles is 1. The van der Waals surface area contributed by atoms with E-state index in [9.17, 15) is 4.79 Å². The summed E-state index contributed by atoms with van der Waals surface area (Å²) in [5.74, 6) is -0.217. The van der Waals surface area contributed by atoms with Crippen molar-refractivity contribution in [2.45, 2.75) is 6.92 Å². The number of thioether (sulfide) groups is 1. The Morgan fingerprint density at radius 1 is 1.53 bits per heavy atom. The summed E-state index contributed by atoms with van der Waals surface area (Å²) >= 11 is 1.17. The number of nitrogens with zero attached hydrogens (tertiary/aromatic N) is 2. The molecule has 1 heterocycles. The third-order valence-corrected chi connectivity index (χ3v) is 3.05. The van der Waals surface area contributed by atoms with Crippen molar-refractivity contribution in [2.24, 2.45) is 4.99 Å². The van der Waals surface area contributed by atoms with Crippen molar-refractivity contribution in [1.29, 1.82) is 5.26 Å². The molecule has 0 radical (unpaired) electrons. The number of benzene rings is 1. The molecule has 1 amide bonds. The van der Waals surface area contributed by atoms with Gasteiger partial charge in [0.1, 0.15) is 0 Å². The largest absolute Gasteiger partial charge is 0.300 e. The second-order valence-corrected chi connectivity index (χ2v) is 4.53. The number of amidine groups is 1. The normalized spacial score (nSPS) is 19.4. The summed E-state index contributed by atoms with van der Waals surface area (Å²) in [6, 6.07) is 7.84. The van der Waals surface area contributed by atoms with Gasteiger partial charge >= 0.3 is 0 Å². The summed E-state index contributed by atoms with van der Waals surface area (Å²) in [4.78, 5) is 15.6. The highest BCUT2D eigenvalue weighted by Gasteiger charge is 2.23. The third kappa shape index (κ3) is 2.74. The Balaban J connectivity index is 2.27. The van der Waals surface area contributed by atoms with E-state index in [1.807, 2.05) is 31.2 Å². The minimum absolute atomic E-state index is 0.217. The van der Waals surface area contributed by atoms with Gasteiger partial charge in [-0.3, -0.25) is 10.1 Å². The predicted octanol–water partition coefficient (Wildman–Crippen LogP) is 2.04. The molecule has 17 heavy (non-hydrogen) atoms. The van der Waals surface area contributed by atoms with Gasteiger partial charge in [0, 0.05) is 0 Å². The van der Waals surface area contributed by atoms with E-state index in [1.54, 1.807) is 12.3 Å². The smallest absolute Gasteiger partial charge is 0.264 e. The van der Waals surface area contributed by atoms with Crippen LogP contribution in [0.1, 0.15) is 11.1 Å². The molecule has 0 saturated carbocycles. The lowest BCUT2D eigenvalue weighted by molar-refractivity contribution is -0.115. The first-order valence-corrected chi connectivity index (χ1v) is 5.75. The molecule has 4 nitrogen and oxygen atoms in total. The molecule has 0 bridgehead atoms. The number of carbonyl (C=O) groups excluding carboxylic acids is 1. The fourth-order valence-corrected chi connectivity index (χ4v) is 2.21. The molecule has 1 aliphatic heterocycles. The molecule has 1 aromatic rings. The van der Waals surface area contributed by atoms with Gasteiger partial charge in [-0.1, -0.05) is 29.8 Å². The van der Waals surface area contributed by atoms with Gasteiger partial charge in [-0.15, -0.1) is 4.99 Å². The summed E-state index contributed by atoms with van der Waals surface area (Å²) in [7, 11) is 0. The van der Waals surface area contributed by atoms with Crippen LogP contribution in [-0.2, 0) is 4.79 Å². The molecule has 5 heteroatoms. The molecular weight excluding hydrogens is 234 g/mol. The monoisotopic (exact) mass is 243 g/mol. The van der Waals surface area contributed by atoms with Crippen molar-refractivity contribution in [3.8, 4) is 6.19 Å². The Bertz CT molecular complexity index is 569. The van der Waals surface area contributed by atoms with E-state index in [1.165, 1.54) is 11.8 Å². The highest BCUT2D eigenvalue weighted by Crippen LogP contribution is 2.25. The molecule has 2 rings (SSSR count). The number of carbonyl (C=O) groups is 1. The highest BCUT2D eigenvalue weighted by atomic mass is 32.2. The van der Waals surface area contributed by atoms with Crippen LogP contribution < -0.4 is 5.32 Å². The molecule has 1 aromatic carbocycles. The number of aliphatic imine (C=N–C) groups is 1. The van der Waals surface area contributed by atoms with Crippen molar-refractivity contribution < 1.29 is 4.79 Å². The molecular formula is C12H9N3OS. The first kappa shape index (κ1) is 11.4. The first-order chi connectivity index (χ1) is 8.19. The van der Waals surface area contributed by atoms with Gasteiger partial charge < -0.3 is 0 Å². The van der Waals surface area contributed by atoms with Gasteiger partial charge in [0.25, 0.3) is 5.91 Å². The summed E-state index contributed by atoms with van der Waals surface area (Å²) in [6.07, 6.45) is 3.43. The number of aryl methyl sites for hydroxylation is 1. The topological polar surface area (TPSA) is 65.2 Å². The third-order valence-electron chi connectivity index (χ3n) is 2.14. The number of hydrogen-bond acceptors (Lipinski definition) is 4. The van der Waals surface area contributed by atoms with Crippen molar-refractivity contribution in [1.82, 2.24) is 5.32 Å². The maximum Gasteiger partial charge on any atom is 0.264 e. The first-order valence-electron chi connectivity index (χ1n) is 4.93. The van der Waals surface area contributed by atoms with Gasteiger partial charge in [-0.05, 0) is 30.3 Å². The molecule has 1 saturated heterocycles. The molecule has 0 unspecified atom stereocenters. The summed E-state index contributed by atoms with van der Waals surface area (Å²) in [5, 5.41) is 11.3. The predicted molar refractivity (Wildman–Crippen MR) is 67.9 cm³/mol. The fraction of sp³-hybridized carbons (Fsp3) is 0.0833.